The zero-order valence-electron chi connectivity index (χ0n) is 9.57. The van der Waals surface area contributed by atoms with Gasteiger partial charge in [-0.25, -0.2) is 4.98 Å². The first-order valence-corrected chi connectivity index (χ1v) is 6.68. The van der Waals surface area contributed by atoms with Gasteiger partial charge in [0.2, 0.25) is 5.95 Å². The summed E-state index contributed by atoms with van der Waals surface area (Å²) < 4.78 is 0.741. The lowest BCUT2D eigenvalue weighted by atomic mass is 10.2. The van der Waals surface area contributed by atoms with E-state index in [9.17, 15) is 0 Å². The lowest BCUT2D eigenvalue weighted by Gasteiger charge is -2.04. The Hall–Kier alpha value is -1.66. The van der Waals surface area contributed by atoms with Crippen LogP contribution in [0.1, 0.15) is 6.92 Å². The fourth-order valence-electron chi connectivity index (χ4n) is 1.70. The Morgan fingerprint density at radius 2 is 2.28 bits per heavy atom. The summed E-state index contributed by atoms with van der Waals surface area (Å²) >= 11 is 7.46. The molecule has 18 heavy (non-hydrogen) atoms. The Morgan fingerprint density at radius 3 is 3.00 bits per heavy atom. The Balaban J connectivity index is 2.22. The topological polar surface area (TPSA) is 66.5 Å². The molecule has 0 fully saturated rings. The van der Waals surface area contributed by atoms with Crippen molar-refractivity contribution in [1.82, 2.24) is 20.2 Å². The van der Waals surface area contributed by atoms with Gasteiger partial charge in [-0.3, -0.25) is 5.10 Å². The number of rotatable bonds is 3. The average molecular weight is 280 g/mol. The molecule has 0 aliphatic heterocycles. The zero-order chi connectivity index (χ0) is 12.5. The van der Waals surface area contributed by atoms with Gasteiger partial charge in [0.25, 0.3) is 0 Å². The smallest absolute Gasteiger partial charge is 0.225 e. The van der Waals surface area contributed by atoms with Crippen LogP contribution in [0.15, 0.2) is 18.3 Å². The molecule has 7 heteroatoms. The summed E-state index contributed by atoms with van der Waals surface area (Å²) in [6.07, 6.45) is 1.73. The highest BCUT2D eigenvalue weighted by Crippen LogP contribution is 2.33. The summed E-state index contributed by atoms with van der Waals surface area (Å²) in [4.78, 5) is 9.87. The molecule has 0 bridgehead atoms. The molecule has 0 amide bonds. The molecular weight excluding hydrogens is 270 g/mol. The van der Waals surface area contributed by atoms with Crippen LogP contribution in [-0.4, -0.2) is 26.7 Å². The summed E-state index contributed by atoms with van der Waals surface area (Å²) in [5.74, 6) is 0.591. The first-order chi connectivity index (χ1) is 8.78. The number of aromatic nitrogens is 4. The van der Waals surface area contributed by atoms with Crippen molar-refractivity contribution >= 4 is 39.9 Å². The van der Waals surface area contributed by atoms with Gasteiger partial charge >= 0.3 is 0 Å². The van der Waals surface area contributed by atoms with Crippen LogP contribution in [0.5, 0.6) is 0 Å². The third-order valence-electron chi connectivity index (χ3n) is 2.45. The number of thiophene rings is 1. The first-order valence-electron chi connectivity index (χ1n) is 5.48. The minimum absolute atomic E-state index is 0.591. The fourth-order valence-corrected chi connectivity index (χ4v) is 2.75. The normalized spacial score (nSPS) is 11.0. The quantitative estimate of drug-likeness (QED) is 0.773. The van der Waals surface area contributed by atoms with Crippen molar-refractivity contribution in [2.45, 2.75) is 6.92 Å². The second-order valence-corrected chi connectivity index (χ2v) is 5.38. The molecule has 0 spiro atoms. The molecule has 0 radical (unpaired) electrons. The van der Waals surface area contributed by atoms with Crippen LogP contribution in [0.2, 0.25) is 4.34 Å². The van der Waals surface area contributed by atoms with E-state index >= 15 is 0 Å². The molecule has 2 N–H and O–H groups in total. The standard InChI is InChI=1S/C11H10ClN5S/c1-2-13-11-15-9(7-3-4-8(12)18-7)6-5-14-17-10(6)16-11/h3-5H,2H2,1H3,(H2,13,14,15,16,17). The van der Waals surface area contributed by atoms with Crippen molar-refractivity contribution in [2.75, 3.05) is 11.9 Å². The van der Waals surface area contributed by atoms with Gasteiger partial charge in [-0.2, -0.15) is 10.1 Å². The van der Waals surface area contributed by atoms with Gasteiger partial charge in [0.1, 0.15) is 0 Å². The van der Waals surface area contributed by atoms with E-state index in [2.05, 4.69) is 25.5 Å². The number of hydrogen-bond acceptors (Lipinski definition) is 5. The van der Waals surface area contributed by atoms with Crippen LogP contribution in [0.3, 0.4) is 0 Å². The second-order valence-electron chi connectivity index (χ2n) is 3.66. The summed E-state index contributed by atoms with van der Waals surface area (Å²) in [6, 6.07) is 3.82. The lowest BCUT2D eigenvalue weighted by molar-refractivity contribution is 1.07. The molecule has 5 nitrogen and oxygen atoms in total. The molecule has 0 unspecified atom stereocenters. The molecule has 0 saturated heterocycles. The number of aromatic amines is 1. The van der Waals surface area contributed by atoms with E-state index in [0.717, 1.165) is 32.5 Å². The molecule has 3 aromatic rings. The van der Waals surface area contributed by atoms with Crippen LogP contribution in [0, 0.1) is 0 Å². The zero-order valence-corrected chi connectivity index (χ0v) is 11.1. The molecular formula is C11H10ClN5S. The third-order valence-corrected chi connectivity index (χ3v) is 3.69. The van der Waals surface area contributed by atoms with E-state index in [1.54, 1.807) is 6.20 Å². The molecule has 0 aliphatic carbocycles. The Bertz CT molecular complexity index is 690. The number of halogens is 1. The fraction of sp³-hybridized carbons (Fsp3) is 0.182. The van der Waals surface area contributed by atoms with Gasteiger partial charge in [-0.1, -0.05) is 11.6 Å². The van der Waals surface area contributed by atoms with Gasteiger partial charge in [0, 0.05) is 6.54 Å². The summed E-state index contributed by atoms with van der Waals surface area (Å²) in [5.41, 5.74) is 1.57. The number of nitrogens with one attached hydrogen (secondary N) is 2. The molecule has 3 rings (SSSR count). The highest BCUT2D eigenvalue weighted by atomic mass is 35.5. The van der Waals surface area contributed by atoms with Crippen molar-refractivity contribution in [3.63, 3.8) is 0 Å². The van der Waals surface area contributed by atoms with Crippen molar-refractivity contribution in [3.05, 3.63) is 22.7 Å². The van der Waals surface area contributed by atoms with Crippen LogP contribution in [0.25, 0.3) is 21.6 Å². The van der Waals surface area contributed by atoms with Gasteiger partial charge in [0.05, 0.1) is 26.5 Å². The number of H-pyrrole nitrogens is 1. The van der Waals surface area contributed by atoms with Gasteiger partial charge in [-0.05, 0) is 19.1 Å². The molecule has 0 aromatic carbocycles. The van der Waals surface area contributed by atoms with Crippen molar-refractivity contribution < 1.29 is 0 Å². The third kappa shape index (κ3) is 1.93. The number of anilines is 1. The minimum atomic E-state index is 0.591. The van der Waals surface area contributed by atoms with Crippen LogP contribution < -0.4 is 5.32 Å². The monoisotopic (exact) mass is 279 g/mol. The Labute approximate surface area is 112 Å². The van der Waals surface area contributed by atoms with Gasteiger partial charge < -0.3 is 5.32 Å². The largest absolute Gasteiger partial charge is 0.354 e. The lowest BCUT2D eigenvalue weighted by Crippen LogP contribution is -2.02. The molecule has 3 aromatic heterocycles. The highest BCUT2D eigenvalue weighted by molar-refractivity contribution is 7.19. The van der Waals surface area contributed by atoms with E-state index in [0.29, 0.717) is 5.95 Å². The maximum atomic E-state index is 5.97. The Kier molecular flexibility index (Phi) is 2.89. The summed E-state index contributed by atoms with van der Waals surface area (Å²) in [5, 5.41) is 10.9. The highest BCUT2D eigenvalue weighted by Gasteiger charge is 2.12. The average Bonchev–Trinajstić information content (AvgIpc) is 2.97. The van der Waals surface area contributed by atoms with E-state index in [4.69, 9.17) is 11.6 Å². The maximum Gasteiger partial charge on any atom is 0.225 e. The molecule has 3 heterocycles. The minimum Gasteiger partial charge on any atom is -0.354 e. The van der Waals surface area contributed by atoms with Crippen LogP contribution >= 0.6 is 22.9 Å². The predicted molar refractivity (Wildman–Crippen MR) is 74.2 cm³/mol. The number of nitrogens with zero attached hydrogens (tertiary/aromatic N) is 3. The first kappa shape index (κ1) is 11.4. The van der Waals surface area contributed by atoms with Gasteiger partial charge in [0.15, 0.2) is 5.65 Å². The van der Waals surface area contributed by atoms with Crippen molar-refractivity contribution in [2.24, 2.45) is 0 Å². The molecule has 0 saturated carbocycles. The van der Waals surface area contributed by atoms with E-state index in [1.807, 2.05) is 19.1 Å². The van der Waals surface area contributed by atoms with Crippen molar-refractivity contribution in [3.8, 4) is 10.6 Å². The second kappa shape index (κ2) is 4.55. The summed E-state index contributed by atoms with van der Waals surface area (Å²) in [6.45, 7) is 2.77. The molecule has 0 aliphatic rings. The molecule has 92 valence electrons. The SMILES string of the molecule is CCNc1nc(-c2ccc(Cl)s2)c2cn[nH]c2n1. The molecule has 0 atom stereocenters. The number of hydrogen-bond donors (Lipinski definition) is 2. The van der Waals surface area contributed by atoms with E-state index in [-0.39, 0.29) is 0 Å². The summed E-state index contributed by atoms with van der Waals surface area (Å²) in [7, 11) is 0. The van der Waals surface area contributed by atoms with Gasteiger partial charge in [-0.15, -0.1) is 11.3 Å². The Morgan fingerprint density at radius 1 is 1.39 bits per heavy atom. The predicted octanol–water partition coefficient (Wildman–Crippen LogP) is 3.17. The van der Waals surface area contributed by atoms with E-state index in [1.165, 1.54) is 11.3 Å². The van der Waals surface area contributed by atoms with Crippen LogP contribution in [0.4, 0.5) is 5.95 Å². The van der Waals surface area contributed by atoms with Crippen LogP contribution in [-0.2, 0) is 0 Å². The number of fused-ring (bicyclic) bond motifs is 1. The van der Waals surface area contributed by atoms with Crippen molar-refractivity contribution in [1.29, 1.82) is 0 Å². The van der Waals surface area contributed by atoms with E-state index < -0.39 is 0 Å². The maximum absolute atomic E-state index is 5.97.